The lowest BCUT2D eigenvalue weighted by Crippen LogP contribution is -2.32. The maximum absolute atomic E-state index is 12.3. The van der Waals surface area contributed by atoms with Crippen LogP contribution in [0.4, 0.5) is 24.5 Å². The Morgan fingerprint density at radius 3 is 2.19 bits per heavy atom. The number of benzene rings is 2. The van der Waals surface area contributed by atoms with Crippen molar-refractivity contribution in [2.45, 2.75) is 19.3 Å². The summed E-state index contributed by atoms with van der Waals surface area (Å²) >= 11 is 0. The van der Waals surface area contributed by atoms with Gasteiger partial charge in [0.05, 0.1) is 19.9 Å². The Bertz CT molecular complexity index is 779. The second kappa shape index (κ2) is 8.52. The van der Waals surface area contributed by atoms with Gasteiger partial charge in [-0.05, 0) is 43.3 Å². The van der Waals surface area contributed by atoms with Gasteiger partial charge in [-0.3, -0.25) is 4.79 Å². The SMILES string of the molecule is COc1ccc(N[C@@H](C)C(=O)Nc2ccc(OC(F)(F)F)cc2)c(OC)c1. The normalized spacial score (nSPS) is 12.1. The van der Waals surface area contributed by atoms with Gasteiger partial charge in [-0.2, -0.15) is 0 Å². The van der Waals surface area contributed by atoms with Gasteiger partial charge in [-0.1, -0.05) is 0 Å². The van der Waals surface area contributed by atoms with Crippen LogP contribution in [0.25, 0.3) is 0 Å². The third-order valence-electron chi connectivity index (χ3n) is 3.53. The largest absolute Gasteiger partial charge is 0.573 e. The van der Waals surface area contributed by atoms with Gasteiger partial charge in [0.1, 0.15) is 23.3 Å². The Hall–Kier alpha value is -3.10. The highest BCUT2D eigenvalue weighted by atomic mass is 19.4. The van der Waals surface area contributed by atoms with E-state index in [4.69, 9.17) is 9.47 Å². The van der Waals surface area contributed by atoms with E-state index in [1.165, 1.54) is 26.4 Å². The monoisotopic (exact) mass is 384 g/mol. The first kappa shape index (κ1) is 20.2. The van der Waals surface area contributed by atoms with E-state index < -0.39 is 12.4 Å². The summed E-state index contributed by atoms with van der Waals surface area (Å²) in [5.41, 5.74) is 0.930. The number of hydrogen-bond acceptors (Lipinski definition) is 5. The van der Waals surface area contributed by atoms with Crippen molar-refractivity contribution in [2.24, 2.45) is 0 Å². The van der Waals surface area contributed by atoms with Crippen LogP contribution in [0.3, 0.4) is 0 Å². The third-order valence-corrected chi connectivity index (χ3v) is 3.53. The highest BCUT2D eigenvalue weighted by Crippen LogP contribution is 2.29. The van der Waals surface area contributed by atoms with E-state index in [1.807, 2.05) is 0 Å². The number of carbonyl (C=O) groups is 1. The predicted molar refractivity (Wildman–Crippen MR) is 94.4 cm³/mol. The zero-order valence-electron chi connectivity index (χ0n) is 14.9. The van der Waals surface area contributed by atoms with Crippen LogP contribution in [0.15, 0.2) is 42.5 Å². The van der Waals surface area contributed by atoms with Crippen LogP contribution in [0.1, 0.15) is 6.92 Å². The number of halogens is 3. The van der Waals surface area contributed by atoms with Gasteiger partial charge < -0.3 is 24.8 Å². The summed E-state index contributed by atoms with van der Waals surface area (Å²) in [5, 5.41) is 5.62. The molecule has 0 saturated carbocycles. The Morgan fingerprint density at radius 1 is 1.00 bits per heavy atom. The fourth-order valence-corrected chi connectivity index (χ4v) is 2.21. The number of amides is 1. The molecule has 1 atom stereocenters. The Kier molecular flexibility index (Phi) is 6.38. The van der Waals surface area contributed by atoms with Gasteiger partial charge in [-0.25, -0.2) is 0 Å². The second-order valence-corrected chi connectivity index (χ2v) is 5.49. The summed E-state index contributed by atoms with van der Waals surface area (Å²) in [6, 6.07) is 9.34. The first-order valence-corrected chi connectivity index (χ1v) is 7.87. The van der Waals surface area contributed by atoms with E-state index >= 15 is 0 Å². The number of ether oxygens (including phenoxy) is 3. The minimum absolute atomic E-state index is 0.338. The summed E-state index contributed by atoms with van der Waals surface area (Å²) in [7, 11) is 3.03. The van der Waals surface area contributed by atoms with Gasteiger partial charge in [0.15, 0.2) is 0 Å². The number of methoxy groups -OCH3 is 2. The molecule has 9 heteroatoms. The second-order valence-electron chi connectivity index (χ2n) is 5.49. The van der Waals surface area contributed by atoms with E-state index in [0.717, 1.165) is 12.1 Å². The maximum atomic E-state index is 12.3. The van der Waals surface area contributed by atoms with Crippen LogP contribution in [-0.2, 0) is 4.79 Å². The average molecular weight is 384 g/mol. The van der Waals surface area contributed by atoms with Crippen molar-refractivity contribution in [3.8, 4) is 17.2 Å². The summed E-state index contributed by atoms with van der Waals surface area (Å²) in [6.07, 6.45) is -4.76. The molecule has 0 spiro atoms. The summed E-state index contributed by atoms with van der Waals surface area (Å²) in [4.78, 5) is 12.3. The molecule has 2 N–H and O–H groups in total. The molecule has 27 heavy (non-hydrogen) atoms. The quantitative estimate of drug-likeness (QED) is 0.754. The molecular formula is C18H19F3N2O4. The van der Waals surface area contributed by atoms with Gasteiger partial charge in [-0.15, -0.1) is 13.2 Å². The van der Waals surface area contributed by atoms with E-state index in [1.54, 1.807) is 25.1 Å². The van der Waals surface area contributed by atoms with Crippen molar-refractivity contribution in [1.29, 1.82) is 0 Å². The molecule has 0 saturated heterocycles. The van der Waals surface area contributed by atoms with Crippen molar-refractivity contribution < 1.29 is 32.2 Å². The third kappa shape index (κ3) is 5.98. The van der Waals surface area contributed by atoms with Crippen LogP contribution < -0.4 is 24.8 Å². The molecule has 2 aromatic carbocycles. The molecule has 146 valence electrons. The maximum Gasteiger partial charge on any atom is 0.573 e. The van der Waals surface area contributed by atoms with E-state index in [2.05, 4.69) is 15.4 Å². The summed E-state index contributed by atoms with van der Waals surface area (Å²) < 4.78 is 50.6. The van der Waals surface area contributed by atoms with Gasteiger partial charge in [0.25, 0.3) is 0 Å². The van der Waals surface area contributed by atoms with E-state index in [9.17, 15) is 18.0 Å². The topological polar surface area (TPSA) is 68.8 Å². The molecular weight excluding hydrogens is 365 g/mol. The fourth-order valence-electron chi connectivity index (χ4n) is 2.21. The molecule has 0 unspecified atom stereocenters. The lowest BCUT2D eigenvalue weighted by molar-refractivity contribution is -0.274. The molecule has 0 bridgehead atoms. The number of hydrogen-bond donors (Lipinski definition) is 2. The van der Waals surface area contributed by atoms with Gasteiger partial charge >= 0.3 is 6.36 Å². The van der Waals surface area contributed by atoms with Crippen molar-refractivity contribution in [3.05, 3.63) is 42.5 Å². The minimum Gasteiger partial charge on any atom is -0.497 e. The lowest BCUT2D eigenvalue weighted by atomic mass is 10.2. The average Bonchev–Trinajstić information content (AvgIpc) is 2.62. The molecule has 0 aliphatic rings. The fraction of sp³-hybridized carbons (Fsp3) is 0.278. The van der Waals surface area contributed by atoms with Crippen LogP contribution in [0.5, 0.6) is 17.2 Å². The molecule has 0 radical (unpaired) electrons. The zero-order valence-corrected chi connectivity index (χ0v) is 14.9. The molecule has 2 aromatic rings. The van der Waals surface area contributed by atoms with Crippen molar-refractivity contribution in [3.63, 3.8) is 0 Å². The van der Waals surface area contributed by atoms with E-state index in [0.29, 0.717) is 22.9 Å². The molecule has 1 amide bonds. The molecule has 0 fully saturated rings. The molecule has 0 aromatic heterocycles. The van der Waals surface area contributed by atoms with Gasteiger partial charge in [0, 0.05) is 11.8 Å². The number of anilines is 2. The van der Waals surface area contributed by atoms with Crippen molar-refractivity contribution in [1.82, 2.24) is 0 Å². The zero-order chi connectivity index (χ0) is 20.0. The van der Waals surface area contributed by atoms with Crippen LogP contribution in [0.2, 0.25) is 0 Å². The molecule has 0 heterocycles. The van der Waals surface area contributed by atoms with Gasteiger partial charge in [0.2, 0.25) is 5.91 Å². The number of nitrogens with one attached hydrogen (secondary N) is 2. The Morgan fingerprint density at radius 2 is 1.63 bits per heavy atom. The highest BCUT2D eigenvalue weighted by molar-refractivity contribution is 5.96. The molecule has 0 aliphatic carbocycles. The standard InChI is InChI=1S/C18H19F3N2O4/c1-11(22-15-9-8-14(25-2)10-16(15)26-3)17(24)23-12-4-6-13(7-5-12)27-18(19,20)21/h4-11,22H,1-3H3,(H,23,24)/t11-/m0/s1. The smallest absolute Gasteiger partial charge is 0.497 e. The number of alkyl halides is 3. The number of rotatable bonds is 7. The summed E-state index contributed by atoms with van der Waals surface area (Å²) in [6.45, 7) is 1.64. The number of carbonyl (C=O) groups excluding carboxylic acids is 1. The highest BCUT2D eigenvalue weighted by Gasteiger charge is 2.31. The first-order valence-electron chi connectivity index (χ1n) is 7.87. The van der Waals surface area contributed by atoms with Crippen molar-refractivity contribution >= 4 is 17.3 Å². The molecule has 0 aliphatic heterocycles. The Balaban J connectivity index is 1.99. The molecule has 2 rings (SSSR count). The minimum atomic E-state index is -4.76. The van der Waals surface area contributed by atoms with Crippen LogP contribution in [-0.4, -0.2) is 32.5 Å². The molecule has 6 nitrogen and oxygen atoms in total. The first-order chi connectivity index (χ1) is 12.7. The van der Waals surface area contributed by atoms with E-state index in [-0.39, 0.29) is 11.7 Å². The van der Waals surface area contributed by atoms with Crippen LogP contribution in [0, 0.1) is 0 Å². The Labute approximate surface area is 154 Å². The van der Waals surface area contributed by atoms with Crippen molar-refractivity contribution in [2.75, 3.05) is 24.9 Å². The lowest BCUT2D eigenvalue weighted by Gasteiger charge is -2.18. The predicted octanol–water partition coefficient (Wildman–Crippen LogP) is 4.04. The summed E-state index contributed by atoms with van der Waals surface area (Å²) in [5.74, 6) is 0.366. The van der Waals surface area contributed by atoms with Crippen LogP contribution >= 0.6 is 0 Å².